The van der Waals surface area contributed by atoms with E-state index < -0.39 is 0 Å². The molecule has 3 rings (SSSR count). The molecule has 0 bridgehead atoms. The summed E-state index contributed by atoms with van der Waals surface area (Å²) in [6.07, 6.45) is 0. The molecule has 3 amide bonds. The van der Waals surface area contributed by atoms with Crippen LogP contribution in [0.3, 0.4) is 0 Å². The summed E-state index contributed by atoms with van der Waals surface area (Å²) in [5.74, 6) is -0.581. The molecule has 148 valence electrons. The highest BCUT2D eigenvalue weighted by Gasteiger charge is 2.08. The van der Waals surface area contributed by atoms with E-state index >= 15 is 0 Å². The van der Waals surface area contributed by atoms with Gasteiger partial charge in [-0.25, -0.2) is 9.18 Å². The maximum atomic E-state index is 12.9. The van der Waals surface area contributed by atoms with Crippen LogP contribution in [0.4, 0.5) is 20.6 Å². The molecule has 0 heterocycles. The van der Waals surface area contributed by atoms with Gasteiger partial charge in [0.1, 0.15) is 5.82 Å². The number of carbonyl (C=O) groups is 2. The number of nitrogens with one attached hydrogen (secondary N) is 3. The highest BCUT2D eigenvalue weighted by atomic mass is 19.1. The van der Waals surface area contributed by atoms with Crippen molar-refractivity contribution in [2.75, 3.05) is 11.1 Å². The van der Waals surface area contributed by atoms with Crippen molar-refractivity contribution in [3.63, 3.8) is 0 Å². The number of hydrogen-bond acceptors (Lipinski definition) is 3. The Morgan fingerprint density at radius 3 is 1.93 bits per heavy atom. The van der Waals surface area contributed by atoms with Crippen LogP contribution in [-0.2, 0) is 13.1 Å². The van der Waals surface area contributed by atoms with Gasteiger partial charge in [-0.1, -0.05) is 36.4 Å². The van der Waals surface area contributed by atoms with Crippen molar-refractivity contribution in [2.24, 2.45) is 0 Å². The Morgan fingerprint density at radius 1 is 0.793 bits per heavy atom. The monoisotopic (exact) mass is 392 g/mol. The van der Waals surface area contributed by atoms with Gasteiger partial charge in [0.2, 0.25) is 0 Å². The molecule has 0 aliphatic carbocycles. The summed E-state index contributed by atoms with van der Waals surface area (Å²) in [7, 11) is 0. The van der Waals surface area contributed by atoms with Gasteiger partial charge >= 0.3 is 6.03 Å². The Balaban J connectivity index is 1.47. The molecule has 0 fully saturated rings. The van der Waals surface area contributed by atoms with Crippen molar-refractivity contribution < 1.29 is 14.0 Å². The molecule has 3 aromatic rings. The van der Waals surface area contributed by atoms with E-state index in [4.69, 9.17) is 5.73 Å². The maximum Gasteiger partial charge on any atom is 0.315 e. The number of para-hydroxylation sites is 2. The van der Waals surface area contributed by atoms with Gasteiger partial charge in [-0.2, -0.15) is 0 Å². The topological polar surface area (TPSA) is 96.2 Å². The van der Waals surface area contributed by atoms with Crippen LogP contribution in [0.2, 0.25) is 0 Å². The summed E-state index contributed by atoms with van der Waals surface area (Å²) in [5.41, 5.74) is 9.01. The van der Waals surface area contributed by atoms with Crippen LogP contribution in [0.25, 0.3) is 0 Å². The largest absolute Gasteiger partial charge is 0.397 e. The highest BCUT2D eigenvalue weighted by Crippen LogP contribution is 2.18. The third-order valence-corrected chi connectivity index (χ3v) is 4.24. The smallest absolute Gasteiger partial charge is 0.315 e. The van der Waals surface area contributed by atoms with Gasteiger partial charge < -0.3 is 21.7 Å². The van der Waals surface area contributed by atoms with Crippen LogP contribution in [0, 0.1) is 5.82 Å². The molecule has 6 nitrogen and oxygen atoms in total. The zero-order chi connectivity index (χ0) is 20.6. The number of anilines is 2. The number of hydrogen-bond donors (Lipinski definition) is 4. The Bertz CT molecular complexity index is 988. The standard InChI is InChI=1S/C22H21FN4O2/c23-18-11-7-16(8-12-18)14-26-22(29)25-13-15-5-9-17(10-6-15)21(28)27-20-4-2-1-3-19(20)24/h1-12H,13-14,24H2,(H,27,28)(H2,25,26,29). The van der Waals surface area contributed by atoms with E-state index in [0.717, 1.165) is 11.1 Å². The number of nitrogen functional groups attached to an aromatic ring is 1. The van der Waals surface area contributed by atoms with E-state index in [1.165, 1.54) is 12.1 Å². The van der Waals surface area contributed by atoms with Crippen LogP contribution < -0.4 is 21.7 Å². The first-order chi connectivity index (χ1) is 14.0. The van der Waals surface area contributed by atoms with Crippen molar-refractivity contribution in [3.8, 4) is 0 Å². The van der Waals surface area contributed by atoms with Gasteiger partial charge in [-0.3, -0.25) is 4.79 Å². The zero-order valence-electron chi connectivity index (χ0n) is 15.6. The summed E-state index contributed by atoms with van der Waals surface area (Å²) in [6, 6.07) is 19.5. The second-order valence-electron chi connectivity index (χ2n) is 6.40. The third kappa shape index (κ3) is 5.80. The number of halogens is 1. The molecule has 0 spiro atoms. The number of urea groups is 1. The SMILES string of the molecule is Nc1ccccc1NC(=O)c1ccc(CNC(=O)NCc2ccc(F)cc2)cc1. The molecule has 7 heteroatoms. The lowest BCUT2D eigenvalue weighted by Crippen LogP contribution is -2.34. The lowest BCUT2D eigenvalue weighted by atomic mass is 10.1. The molecule has 3 aromatic carbocycles. The first kappa shape index (κ1) is 19.9. The fourth-order valence-corrected chi connectivity index (χ4v) is 2.61. The van der Waals surface area contributed by atoms with Crippen LogP contribution >= 0.6 is 0 Å². The summed E-state index contributed by atoms with van der Waals surface area (Å²) in [6.45, 7) is 0.608. The van der Waals surface area contributed by atoms with Gasteiger partial charge in [0.15, 0.2) is 0 Å². The van der Waals surface area contributed by atoms with Gasteiger partial charge in [0.25, 0.3) is 5.91 Å². The number of nitrogens with two attached hydrogens (primary N) is 1. The molecular formula is C22H21FN4O2. The summed E-state index contributed by atoms with van der Waals surface area (Å²) < 4.78 is 12.9. The van der Waals surface area contributed by atoms with E-state index in [-0.39, 0.29) is 17.8 Å². The van der Waals surface area contributed by atoms with E-state index in [1.807, 2.05) is 0 Å². The molecule has 0 aliphatic rings. The van der Waals surface area contributed by atoms with Gasteiger partial charge in [-0.15, -0.1) is 0 Å². The number of amides is 3. The minimum Gasteiger partial charge on any atom is -0.397 e. The van der Waals surface area contributed by atoms with E-state index in [9.17, 15) is 14.0 Å². The molecule has 0 saturated carbocycles. The molecule has 29 heavy (non-hydrogen) atoms. The summed E-state index contributed by atoms with van der Waals surface area (Å²) in [5, 5.41) is 8.20. The predicted molar refractivity (Wildman–Crippen MR) is 111 cm³/mol. The van der Waals surface area contributed by atoms with Crippen molar-refractivity contribution >= 4 is 23.3 Å². The number of rotatable bonds is 6. The average Bonchev–Trinajstić information content (AvgIpc) is 2.74. The van der Waals surface area contributed by atoms with Gasteiger partial charge in [0, 0.05) is 18.7 Å². The van der Waals surface area contributed by atoms with Crippen LogP contribution in [0.1, 0.15) is 21.5 Å². The molecule has 0 unspecified atom stereocenters. The third-order valence-electron chi connectivity index (χ3n) is 4.24. The van der Waals surface area contributed by atoms with E-state index in [2.05, 4.69) is 16.0 Å². The average molecular weight is 392 g/mol. The van der Waals surface area contributed by atoms with E-state index in [0.29, 0.717) is 30.0 Å². The molecule has 0 radical (unpaired) electrons. The highest BCUT2D eigenvalue weighted by molar-refractivity contribution is 6.05. The maximum absolute atomic E-state index is 12.9. The summed E-state index contributed by atoms with van der Waals surface area (Å²) in [4.78, 5) is 24.2. The van der Waals surface area contributed by atoms with Crippen LogP contribution in [-0.4, -0.2) is 11.9 Å². The fourth-order valence-electron chi connectivity index (χ4n) is 2.61. The van der Waals surface area contributed by atoms with Crippen molar-refractivity contribution in [3.05, 3.63) is 95.3 Å². The molecule has 0 aromatic heterocycles. The first-order valence-corrected chi connectivity index (χ1v) is 9.02. The lowest BCUT2D eigenvalue weighted by molar-refractivity contribution is 0.102. The minimum absolute atomic E-state index is 0.264. The molecule has 0 atom stereocenters. The Labute approximate surface area is 167 Å². The first-order valence-electron chi connectivity index (χ1n) is 9.02. The van der Waals surface area contributed by atoms with E-state index in [1.54, 1.807) is 60.7 Å². The van der Waals surface area contributed by atoms with Crippen LogP contribution in [0.5, 0.6) is 0 Å². The Morgan fingerprint density at radius 2 is 1.34 bits per heavy atom. The molecule has 5 N–H and O–H groups in total. The van der Waals surface area contributed by atoms with Crippen molar-refractivity contribution in [2.45, 2.75) is 13.1 Å². The minimum atomic E-state index is -0.337. The molecule has 0 saturated heterocycles. The number of benzene rings is 3. The predicted octanol–water partition coefficient (Wildman–Crippen LogP) is 3.66. The quantitative estimate of drug-likeness (QED) is 0.482. The Kier molecular flexibility index (Phi) is 6.42. The molecule has 0 aliphatic heterocycles. The van der Waals surface area contributed by atoms with Crippen molar-refractivity contribution in [1.82, 2.24) is 10.6 Å². The number of carbonyl (C=O) groups excluding carboxylic acids is 2. The second kappa shape index (κ2) is 9.36. The lowest BCUT2D eigenvalue weighted by Gasteiger charge is -2.10. The Hall–Kier alpha value is -3.87. The second-order valence-corrected chi connectivity index (χ2v) is 6.40. The van der Waals surface area contributed by atoms with Gasteiger partial charge in [-0.05, 0) is 47.5 Å². The normalized spacial score (nSPS) is 10.2. The zero-order valence-corrected chi connectivity index (χ0v) is 15.6. The fraction of sp³-hybridized carbons (Fsp3) is 0.0909. The van der Waals surface area contributed by atoms with Gasteiger partial charge in [0.05, 0.1) is 11.4 Å². The van der Waals surface area contributed by atoms with Crippen LogP contribution in [0.15, 0.2) is 72.8 Å². The summed E-state index contributed by atoms with van der Waals surface area (Å²) >= 11 is 0. The molecular weight excluding hydrogens is 371 g/mol. The van der Waals surface area contributed by atoms with Crippen molar-refractivity contribution in [1.29, 1.82) is 0 Å².